The second-order valence-electron chi connectivity index (χ2n) is 7.67. The molecular weight excluding hydrogens is 408 g/mol. The van der Waals surface area contributed by atoms with Crippen LogP contribution in [0.5, 0.6) is 11.5 Å². The summed E-state index contributed by atoms with van der Waals surface area (Å²) in [6, 6.07) is 11.5. The first-order valence-corrected chi connectivity index (χ1v) is 10.6. The van der Waals surface area contributed by atoms with E-state index in [1.807, 2.05) is 43.3 Å². The highest BCUT2D eigenvalue weighted by molar-refractivity contribution is 6.08. The van der Waals surface area contributed by atoms with E-state index >= 15 is 0 Å². The quantitative estimate of drug-likeness (QED) is 0.560. The molecule has 0 spiro atoms. The number of fused-ring (bicyclic) bond motifs is 1. The van der Waals surface area contributed by atoms with Crippen molar-refractivity contribution in [2.75, 3.05) is 51.9 Å². The van der Waals surface area contributed by atoms with Gasteiger partial charge in [0.2, 0.25) is 0 Å². The fraction of sp³-hybridized carbons (Fsp3) is 0.333. The number of para-hydroxylation sites is 1. The summed E-state index contributed by atoms with van der Waals surface area (Å²) in [4.78, 5) is 18.9. The van der Waals surface area contributed by atoms with Crippen LogP contribution in [0.1, 0.15) is 15.9 Å². The van der Waals surface area contributed by atoms with Crippen molar-refractivity contribution in [3.05, 3.63) is 53.7 Å². The van der Waals surface area contributed by atoms with Crippen LogP contribution in [-0.2, 0) is 4.74 Å². The highest BCUT2D eigenvalue weighted by Gasteiger charge is 2.18. The number of carbonyl (C=O) groups excluding carboxylic acids is 1. The average Bonchev–Trinajstić information content (AvgIpc) is 2.80. The number of hydrogen-bond acceptors (Lipinski definition) is 7. The summed E-state index contributed by atoms with van der Waals surface area (Å²) in [7, 11) is 1.59. The van der Waals surface area contributed by atoms with Crippen molar-refractivity contribution in [2.45, 2.75) is 6.92 Å². The minimum atomic E-state index is -0.555. The maximum absolute atomic E-state index is 12.1. The average molecular weight is 437 g/mol. The molecule has 0 saturated carbocycles. The van der Waals surface area contributed by atoms with Crippen LogP contribution in [0.25, 0.3) is 10.9 Å². The molecule has 168 valence electrons. The zero-order chi connectivity index (χ0) is 22.5. The lowest BCUT2D eigenvalue weighted by atomic mass is 10.1. The van der Waals surface area contributed by atoms with E-state index in [2.05, 4.69) is 15.2 Å². The van der Waals surface area contributed by atoms with E-state index in [0.717, 1.165) is 49.5 Å². The topological polar surface area (TPSA) is 98.9 Å². The molecule has 0 unspecified atom stereocenters. The highest BCUT2D eigenvalue weighted by atomic mass is 16.5. The van der Waals surface area contributed by atoms with Crippen LogP contribution in [-0.4, -0.2) is 62.4 Å². The number of methoxy groups -OCH3 is 1. The molecule has 2 heterocycles. The molecule has 1 aromatic heterocycles. The molecule has 4 rings (SSSR count). The molecule has 2 aromatic carbocycles. The number of nitrogens with one attached hydrogen (secondary N) is 1. The third-order valence-corrected chi connectivity index (χ3v) is 5.59. The minimum absolute atomic E-state index is 0.309. The molecule has 3 aromatic rings. The number of ether oxygens (including phenoxy) is 3. The van der Waals surface area contributed by atoms with Gasteiger partial charge in [0.1, 0.15) is 6.61 Å². The first-order chi connectivity index (χ1) is 15.6. The monoisotopic (exact) mass is 436 g/mol. The maximum atomic E-state index is 12.1. The largest absolute Gasteiger partial charge is 0.493 e. The Balaban J connectivity index is 1.66. The number of hydrogen-bond donors (Lipinski definition) is 2. The lowest BCUT2D eigenvalue weighted by Crippen LogP contribution is -2.38. The summed E-state index contributed by atoms with van der Waals surface area (Å²) in [5.74, 6) is 0.616. The number of benzene rings is 2. The van der Waals surface area contributed by atoms with Gasteiger partial charge in [-0.25, -0.2) is 0 Å². The van der Waals surface area contributed by atoms with Gasteiger partial charge in [0, 0.05) is 43.0 Å². The van der Waals surface area contributed by atoms with Gasteiger partial charge in [-0.3, -0.25) is 14.7 Å². The molecule has 32 heavy (non-hydrogen) atoms. The molecule has 0 aliphatic carbocycles. The number of amides is 1. The summed E-state index contributed by atoms with van der Waals surface area (Å²) in [5.41, 5.74) is 9.15. The fourth-order valence-electron chi connectivity index (χ4n) is 3.75. The van der Waals surface area contributed by atoms with Crippen LogP contribution < -0.4 is 20.5 Å². The number of nitrogens with zero attached hydrogens (tertiary/aromatic N) is 2. The summed E-state index contributed by atoms with van der Waals surface area (Å²) in [6.45, 7) is 6.64. The second-order valence-corrected chi connectivity index (χ2v) is 7.67. The summed E-state index contributed by atoms with van der Waals surface area (Å²) >= 11 is 0. The molecule has 8 heteroatoms. The highest BCUT2D eigenvalue weighted by Crippen LogP contribution is 2.37. The Labute approximate surface area is 187 Å². The van der Waals surface area contributed by atoms with E-state index in [1.54, 1.807) is 7.11 Å². The molecule has 1 amide bonds. The van der Waals surface area contributed by atoms with Crippen molar-refractivity contribution in [3.8, 4) is 11.5 Å². The number of pyridine rings is 1. The van der Waals surface area contributed by atoms with Crippen LogP contribution in [0.3, 0.4) is 0 Å². The molecule has 3 N–H and O–H groups in total. The van der Waals surface area contributed by atoms with E-state index in [4.69, 9.17) is 19.9 Å². The van der Waals surface area contributed by atoms with E-state index in [9.17, 15) is 4.79 Å². The summed E-state index contributed by atoms with van der Waals surface area (Å²) in [6.07, 6.45) is 1.50. The van der Waals surface area contributed by atoms with E-state index < -0.39 is 5.91 Å². The third-order valence-electron chi connectivity index (χ3n) is 5.59. The fourth-order valence-corrected chi connectivity index (χ4v) is 3.75. The van der Waals surface area contributed by atoms with Gasteiger partial charge in [-0.15, -0.1) is 0 Å². The van der Waals surface area contributed by atoms with Crippen LogP contribution in [0.4, 0.5) is 11.4 Å². The van der Waals surface area contributed by atoms with Gasteiger partial charge in [-0.1, -0.05) is 18.2 Å². The second kappa shape index (κ2) is 9.84. The molecule has 0 bridgehead atoms. The van der Waals surface area contributed by atoms with E-state index in [-0.39, 0.29) is 0 Å². The minimum Gasteiger partial charge on any atom is -0.493 e. The summed E-state index contributed by atoms with van der Waals surface area (Å²) < 4.78 is 17.0. The Morgan fingerprint density at radius 3 is 2.72 bits per heavy atom. The van der Waals surface area contributed by atoms with Crippen molar-refractivity contribution in [2.24, 2.45) is 5.73 Å². The van der Waals surface area contributed by atoms with Crippen molar-refractivity contribution >= 4 is 28.2 Å². The zero-order valence-electron chi connectivity index (χ0n) is 18.4. The van der Waals surface area contributed by atoms with Crippen LogP contribution >= 0.6 is 0 Å². The normalized spacial score (nSPS) is 14.3. The van der Waals surface area contributed by atoms with Crippen LogP contribution in [0.15, 0.2) is 42.6 Å². The van der Waals surface area contributed by atoms with Crippen LogP contribution in [0.2, 0.25) is 0 Å². The number of nitrogens with two attached hydrogens (primary N) is 1. The zero-order valence-corrected chi connectivity index (χ0v) is 18.4. The number of anilines is 2. The van der Waals surface area contributed by atoms with Crippen LogP contribution in [0, 0.1) is 6.92 Å². The predicted octanol–water partition coefficient (Wildman–Crippen LogP) is 3.11. The smallest absolute Gasteiger partial charge is 0.252 e. The van der Waals surface area contributed by atoms with E-state index in [0.29, 0.717) is 34.9 Å². The van der Waals surface area contributed by atoms with Gasteiger partial charge in [-0.2, -0.15) is 0 Å². The number of aryl methyl sites for hydroxylation is 1. The molecule has 1 fully saturated rings. The van der Waals surface area contributed by atoms with Crippen molar-refractivity contribution in [1.29, 1.82) is 0 Å². The van der Waals surface area contributed by atoms with E-state index in [1.165, 1.54) is 6.20 Å². The first kappa shape index (κ1) is 21.9. The SMILES string of the molecule is COc1cc2c(Nc3ccccc3C)c(C(N)=O)cnc2cc1OCCN1CCOCC1. The number of morpholine rings is 1. The number of rotatable bonds is 8. The Hall–Kier alpha value is -3.36. The van der Waals surface area contributed by atoms with Gasteiger partial charge >= 0.3 is 0 Å². The van der Waals surface area contributed by atoms with Gasteiger partial charge in [0.25, 0.3) is 5.91 Å². The lowest BCUT2D eigenvalue weighted by Gasteiger charge is -2.26. The molecule has 1 saturated heterocycles. The number of primary amides is 1. The van der Waals surface area contributed by atoms with Gasteiger partial charge in [0.05, 0.1) is 37.1 Å². The standard InChI is InChI=1S/C24H28N4O4/c1-16-5-3-4-6-19(16)27-23-17-13-21(30-2)22(14-20(17)26-15-18(23)24(25)29)32-12-9-28-7-10-31-11-8-28/h3-6,13-15H,7-12H2,1-2H3,(H2,25,29)(H,26,27). The predicted molar refractivity (Wildman–Crippen MR) is 124 cm³/mol. The van der Waals surface area contributed by atoms with Gasteiger partial charge in [-0.05, 0) is 24.6 Å². The maximum Gasteiger partial charge on any atom is 0.252 e. The molecule has 0 atom stereocenters. The molecular formula is C24H28N4O4. The Morgan fingerprint density at radius 2 is 2.00 bits per heavy atom. The third kappa shape index (κ3) is 4.76. The van der Waals surface area contributed by atoms with Crippen molar-refractivity contribution < 1.29 is 19.0 Å². The lowest BCUT2D eigenvalue weighted by molar-refractivity contribution is 0.0321. The number of aromatic nitrogens is 1. The van der Waals surface area contributed by atoms with Crippen molar-refractivity contribution in [1.82, 2.24) is 9.88 Å². The molecule has 0 radical (unpaired) electrons. The Morgan fingerprint density at radius 1 is 1.22 bits per heavy atom. The molecule has 8 nitrogen and oxygen atoms in total. The Bertz CT molecular complexity index is 1110. The van der Waals surface area contributed by atoms with Gasteiger partial charge in [0.15, 0.2) is 11.5 Å². The van der Waals surface area contributed by atoms with Crippen molar-refractivity contribution in [3.63, 3.8) is 0 Å². The first-order valence-electron chi connectivity index (χ1n) is 10.6. The number of carbonyl (C=O) groups is 1. The molecule has 1 aliphatic heterocycles. The van der Waals surface area contributed by atoms with Gasteiger partial charge < -0.3 is 25.3 Å². The summed E-state index contributed by atoms with van der Waals surface area (Å²) in [5, 5.41) is 4.09. The Kier molecular flexibility index (Phi) is 6.72. The molecule has 1 aliphatic rings.